The molecule has 0 radical (unpaired) electrons. The van der Waals surface area contributed by atoms with E-state index in [0.717, 1.165) is 15.8 Å². The molecule has 1 rings (SSSR count). The van der Waals surface area contributed by atoms with E-state index in [1.165, 1.54) is 0 Å². The molecule has 0 heterocycles. The number of hydrogen-bond acceptors (Lipinski definition) is 3. The van der Waals surface area contributed by atoms with E-state index in [-0.39, 0.29) is 5.25 Å². The number of halogens is 1. The average molecular weight is 306 g/mol. The molecule has 0 saturated heterocycles. The fraction of sp³-hybridized carbons (Fsp3) is 0.455. The first kappa shape index (κ1) is 13.7. The third-order valence-electron chi connectivity index (χ3n) is 2.27. The van der Waals surface area contributed by atoms with Crippen molar-refractivity contribution in [1.29, 1.82) is 0 Å². The Bertz CT molecular complexity index is 384. The molecule has 2 N–H and O–H groups in total. The Labute approximate surface area is 107 Å². The second-order valence-corrected chi connectivity index (χ2v) is 6.27. The fourth-order valence-electron chi connectivity index (χ4n) is 1.29. The molecule has 0 aromatic heterocycles. The topological polar surface area (TPSA) is 52.3 Å². The van der Waals surface area contributed by atoms with Crippen LogP contribution in [0.4, 0.5) is 5.69 Å². The number of benzene rings is 1. The maximum Gasteiger partial charge on any atom is 0.0570 e. The summed E-state index contributed by atoms with van der Waals surface area (Å²) in [5, 5.41) is 0.0693. The van der Waals surface area contributed by atoms with Crippen LogP contribution in [0.3, 0.4) is 0 Å². The van der Waals surface area contributed by atoms with Crippen molar-refractivity contribution in [2.24, 2.45) is 0 Å². The number of anilines is 1. The van der Waals surface area contributed by atoms with Gasteiger partial charge < -0.3 is 10.5 Å². The van der Waals surface area contributed by atoms with Gasteiger partial charge in [-0.15, -0.1) is 0 Å². The number of methoxy groups -OCH3 is 1. The summed E-state index contributed by atoms with van der Waals surface area (Å²) in [5.41, 5.74) is 6.30. The van der Waals surface area contributed by atoms with Crippen LogP contribution in [0.1, 0.15) is 13.3 Å². The highest BCUT2D eigenvalue weighted by Crippen LogP contribution is 2.25. The lowest BCUT2D eigenvalue weighted by molar-refractivity contribution is 0.195. The largest absolute Gasteiger partial charge is 0.399 e. The fourth-order valence-corrected chi connectivity index (χ4v) is 3.36. The third kappa shape index (κ3) is 3.57. The monoisotopic (exact) mass is 305 g/mol. The predicted molar refractivity (Wildman–Crippen MR) is 70.9 cm³/mol. The van der Waals surface area contributed by atoms with E-state index in [1.54, 1.807) is 25.3 Å². The zero-order valence-electron chi connectivity index (χ0n) is 9.40. The summed E-state index contributed by atoms with van der Waals surface area (Å²) in [7, 11) is 0.616. The summed E-state index contributed by atoms with van der Waals surface area (Å²) in [6.07, 6.45) is 0.778. The summed E-state index contributed by atoms with van der Waals surface area (Å²) >= 11 is 3.38. The Morgan fingerprint density at radius 1 is 1.56 bits per heavy atom. The van der Waals surface area contributed by atoms with Crippen molar-refractivity contribution < 1.29 is 8.95 Å². The van der Waals surface area contributed by atoms with E-state index < -0.39 is 10.8 Å². The van der Waals surface area contributed by atoms with Gasteiger partial charge in [0.2, 0.25) is 0 Å². The van der Waals surface area contributed by atoms with Gasteiger partial charge in [0.15, 0.2) is 0 Å². The number of ether oxygens (including phenoxy) is 1. The Balaban J connectivity index is 2.79. The van der Waals surface area contributed by atoms with E-state index in [0.29, 0.717) is 12.3 Å². The Hall–Kier alpha value is -0.390. The normalized spacial score (nSPS) is 14.7. The van der Waals surface area contributed by atoms with Gasteiger partial charge in [-0.1, -0.05) is 6.92 Å². The summed E-state index contributed by atoms with van der Waals surface area (Å²) in [6.45, 7) is 2.58. The van der Waals surface area contributed by atoms with Gasteiger partial charge in [0.05, 0.1) is 15.7 Å². The van der Waals surface area contributed by atoms with Crippen LogP contribution < -0.4 is 5.73 Å². The van der Waals surface area contributed by atoms with Crippen LogP contribution in [0.5, 0.6) is 0 Å². The summed E-state index contributed by atoms with van der Waals surface area (Å²) < 4.78 is 18.0. The van der Waals surface area contributed by atoms with Crippen LogP contribution in [-0.4, -0.2) is 23.2 Å². The standard InChI is InChI=1S/C11H16BrNO2S/c1-8(5-6-15-2)16(14)11-4-3-9(13)7-10(11)12/h3-4,7-8H,5-6,13H2,1-2H3. The second kappa shape index (κ2) is 6.37. The van der Waals surface area contributed by atoms with Crippen molar-refractivity contribution in [3.05, 3.63) is 22.7 Å². The van der Waals surface area contributed by atoms with E-state index in [4.69, 9.17) is 10.5 Å². The Morgan fingerprint density at radius 2 is 2.25 bits per heavy atom. The highest BCUT2D eigenvalue weighted by molar-refractivity contribution is 9.10. The van der Waals surface area contributed by atoms with Crippen molar-refractivity contribution >= 4 is 32.4 Å². The molecule has 0 bridgehead atoms. The number of nitrogen functional groups attached to an aromatic ring is 1. The first-order valence-electron chi connectivity index (χ1n) is 5.00. The Morgan fingerprint density at radius 3 is 2.81 bits per heavy atom. The number of hydrogen-bond donors (Lipinski definition) is 1. The van der Waals surface area contributed by atoms with Crippen LogP contribution in [0.2, 0.25) is 0 Å². The van der Waals surface area contributed by atoms with Crippen LogP contribution in [0.25, 0.3) is 0 Å². The van der Waals surface area contributed by atoms with Gasteiger partial charge in [0.1, 0.15) is 0 Å². The van der Waals surface area contributed by atoms with E-state index in [2.05, 4.69) is 15.9 Å². The van der Waals surface area contributed by atoms with Crippen LogP contribution >= 0.6 is 15.9 Å². The summed E-state index contributed by atoms with van der Waals surface area (Å²) in [4.78, 5) is 0.790. The molecule has 5 heteroatoms. The maximum absolute atomic E-state index is 12.2. The second-order valence-electron chi connectivity index (χ2n) is 3.58. The molecule has 0 aliphatic heterocycles. The van der Waals surface area contributed by atoms with Gasteiger partial charge in [-0.05, 0) is 40.5 Å². The third-order valence-corrected chi connectivity index (χ3v) is 4.94. The maximum atomic E-state index is 12.2. The van der Waals surface area contributed by atoms with Crippen molar-refractivity contribution in [3.63, 3.8) is 0 Å². The van der Waals surface area contributed by atoms with E-state index in [1.807, 2.05) is 6.92 Å². The highest BCUT2D eigenvalue weighted by Gasteiger charge is 2.15. The van der Waals surface area contributed by atoms with Gasteiger partial charge >= 0.3 is 0 Å². The van der Waals surface area contributed by atoms with Gasteiger partial charge in [-0.25, -0.2) is 0 Å². The Kier molecular flexibility index (Phi) is 5.44. The number of nitrogens with two attached hydrogens (primary N) is 1. The lowest BCUT2D eigenvalue weighted by atomic mass is 10.3. The molecule has 0 spiro atoms. The SMILES string of the molecule is COCCC(C)S(=O)c1ccc(N)cc1Br. The molecule has 0 aliphatic carbocycles. The van der Waals surface area contributed by atoms with Crippen LogP contribution in [0, 0.1) is 0 Å². The quantitative estimate of drug-likeness (QED) is 0.851. The van der Waals surface area contributed by atoms with Crippen molar-refractivity contribution in [2.45, 2.75) is 23.5 Å². The van der Waals surface area contributed by atoms with Crippen LogP contribution in [0.15, 0.2) is 27.6 Å². The molecule has 0 fully saturated rings. The summed E-state index contributed by atoms with van der Waals surface area (Å²) in [5.74, 6) is 0. The van der Waals surface area contributed by atoms with Crippen molar-refractivity contribution in [3.8, 4) is 0 Å². The molecule has 1 aromatic carbocycles. The molecular formula is C11H16BrNO2S. The lowest BCUT2D eigenvalue weighted by Crippen LogP contribution is -2.14. The highest BCUT2D eigenvalue weighted by atomic mass is 79.9. The number of rotatable bonds is 5. The molecule has 16 heavy (non-hydrogen) atoms. The minimum atomic E-state index is -1.03. The zero-order chi connectivity index (χ0) is 12.1. The van der Waals surface area contributed by atoms with Gasteiger partial charge in [0, 0.05) is 29.1 Å². The van der Waals surface area contributed by atoms with E-state index >= 15 is 0 Å². The van der Waals surface area contributed by atoms with E-state index in [9.17, 15) is 4.21 Å². The minimum absolute atomic E-state index is 0.0693. The molecule has 1 aromatic rings. The molecule has 2 atom stereocenters. The molecule has 0 aliphatic rings. The minimum Gasteiger partial charge on any atom is -0.399 e. The van der Waals surface area contributed by atoms with Crippen molar-refractivity contribution in [1.82, 2.24) is 0 Å². The molecule has 2 unspecified atom stereocenters. The molecular weight excluding hydrogens is 290 g/mol. The molecule has 0 saturated carbocycles. The lowest BCUT2D eigenvalue weighted by Gasteiger charge is -2.12. The molecule has 3 nitrogen and oxygen atoms in total. The molecule has 90 valence electrons. The first-order valence-corrected chi connectivity index (χ1v) is 7.01. The van der Waals surface area contributed by atoms with Gasteiger partial charge in [-0.2, -0.15) is 0 Å². The van der Waals surface area contributed by atoms with Crippen molar-refractivity contribution in [2.75, 3.05) is 19.5 Å². The predicted octanol–water partition coefficient (Wildman–Crippen LogP) is 2.56. The zero-order valence-corrected chi connectivity index (χ0v) is 11.8. The molecule has 0 amide bonds. The van der Waals surface area contributed by atoms with Crippen LogP contribution in [-0.2, 0) is 15.5 Å². The average Bonchev–Trinajstić information content (AvgIpc) is 2.25. The van der Waals surface area contributed by atoms with Gasteiger partial charge in [-0.3, -0.25) is 4.21 Å². The van der Waals surface area contributed by atoms with Gasteiger partial charge in [0.25, 0.3) is 0 Å². The smallest absolute Gasteiger partial charge is 0.0570 e. The first-order chi connectivity index (χ1) is 7.56. The summed E-state index contributed by atoms with van der Waals surface area (Å²) in [6, 6.07) is 5.34.